The van der Waals surface area contributed by atoms with Crippen molar-refractivity contribution < 1.29 is 8.78 Å². The molecule has 0 fully saturated rings. The number of pyridine rings is 1. The topological polar surface area (TPSA) is 36.7 Å². The first-order valence-electron chi connectivity index (χ1n) is 3.10. The maximum Gasteiger partial charge on any atom is 0.265 e. The molecule has 2 nitrogen and oxygen atoms in total. The Morgan fingerprint density at radius 1 is 1.46 bits per heavy atom. The van der Waals surface area contributed by atoms with Gasteiger partial charge in [-0.2, -0.15) is 5.26 Å². The average Bonchev–Trinajstić information content (AvgIpc) is 2.09. The lowest BCUT2D eigenvalue weighted by molar-refractivity contribution is 0.150. The number of nitriles is 1. The van der Waals surface area contributed by atoms with Crippen LogP contribution in [0.25, 0.3) is 0 Å². The molecule has 0 atom stereocenters. The second kappa shape index (κ2) is 4.11. The summed E-state index contributed by atoms with van der Waals surface area (Å²) in [6.45, 7) is 0. The highest BCUT2D eigenvalue weighted by atomic mass is 79.9. The molecule has 0 aromatic carbocycles. The van der Waals surface area contributed by atoms with E-state index in [1.165, 1.54) is 0 Å². The molecule has 0 aliphatic heterocycles. The first kappa shape index (κ1) is 10.5. The van der Waals surface area contributed by atoms with Crippen LogP contribution in [0.4, 0.5) is 8.78 Å². The molecular weight excluding hydrogens is 310 g/mol. The van der Waals surface area contributed by atoms with Gasteiger partial charge in [-0.1, -0.05) is 0 Å². The van der Waals surface area contributed by atoms with Gasteiger partial charge in [-0.15, -0.1) is 0 Å². The van der Waals surface area contributed by atoms with E-state index >= 15 is 0 Å². The molecule has 13 heavy (non-hydrogen) atoms. The molecule has 1 aromatic heterocycles. The Morgan fingerprint density at radius 2 is 2.08 bits per heavy atom. The van der Waals surface area contributed by atoms with Gasteiger partial charge >= 0.3 is 0 Å². The summed E-state index contributed by atoms with van der Waals surface area (Å²) in [5, 5.41) is 8.47. The van der Waals surface area contributed by atoms with Gasteiger partial charge in [-0.3, -0.25) is 0 Å². The van der Waals surface area contributed by atoms with Crippen molar-refractivity contribution in [2.45, 2.75) is 6.43 Å². The predicted octanol–water partition coefficient (Wildman–Crippen LogP) is 3.42. The standard InChI is InChI=1S/C7H2Br2F2N2/c8-5-4(7(10)11)1-3(2-12)13-6(5)9/h1,7H. The van der Waals surface area contributed by atoms with E-state index in [1.807, 2.05) is 0 Å². The molecule has 0 unspecified atom stereocenters. The average molecular weight is 312 g/mol. The van der Waals surface area contributed by atoms with E-state index < -0.39 is 6.43 Å². The van der Waals surface area contributed by atoms with Gasteiger partial charge < -0.3 is 0 Å². The minimum atomic E-state index is -2.62. The zero-order valence-electron chi connectivity index (χ0n) is 6.06. The molecule has 6 heteroatoms. The normalized spacial score (nSPS) is 10.2. The summed E-state index contributed by atoms with van der Waals surface area (Å²) in [5.41, 5.74) is -0.274. The molecule has 0 amide bonds. The fraction of sp³-hybridized carbons (Fsp3) is 0.143. The van der Waals surface area contributed by atoms with Crippen LogP contribution in [0.5, 0.6) is 0 Å². The number of halogens is 4. The van der Waals surface area contributed by atoms with Crippen molar-refractivity contribution >= 4 is 31.9 Å². The Bertz CT molecular complexity index is 373. The van der Waals surface area contributed by atoms with Crippen LogP contribution >= 0.6 is 31.9 Å². The van der Waals surface area contributed by atoms with E-state index in [2.05, 4.69) is 36.8 Å². The van der Waals surface area contributed by atoms with Crippen molar-refractivity contribution in [3.63, 3.8) is 0 Å². The summed E-state index contributed by atoms with van der Waals surface area (Å²) in [6.07, 6.45) is -2.62. The minimum Gasteiger partial charge on any atom is -0.229 e. The summed E-state index contributed by atoms with van der Waals surface area (Å²) in [7, 11) is 0. The lowest BCUT2D eigenvalue weighted by Gasteiger charge is -2.04. The summed E-state index contributed by atoms with van der Waals surface area (Å²) >= 11 is 5.91. The third kappa shape index (κ3) is 2.23. The molecule has 0 saturated carbocycles. The Kier molecular flexibility index (Phi) is 3.33. The predicted molar refractivity (Wildman–Crippen MR) is 49.3 cm³/mol. The monoisotopic (exact) mass is 310 g/mol. The smallest absolute Gasteiger partial charge is 0.229 e. The van der Waals surface area contributed by atoms with Crippen LogP contribution in [-0.2, 0) is 0 Å². The zero-order valence-corrected chi connectivity index (χ0v) is 9.23. The van der Waals surface area contributed by atoms with Crippen molar-refractivity contribution in [2.75, 3.05) is 0 Å². The molecule has 0 radical (unpaired) electrons. The SMILES string of the molecule is N#Cc1cc(C(F)F)c(Br)c(Br)n1. The van der Waals surface area contributed by atoms with Gasteiger partial charge in [0.1, 0.15) is 16.4 Å². The third-order valence-corrected chi connectivity index (χ3v) is 3.23. The summed E-state index contributed by atoms with van der Waals surface area (Å²) in [6, 6.07) is 2.75. The molecule has 68 valence electrons. The number of aromatic nitrogens is 1. The first-order valence-corrected chi connectivity index (χ1v) is 4.69. The Labute approximate surface area is 89.8 Å². The van der Waals surface area contributed by atoms with Gasteiger partial charge in [-0.25, -0.2) is 13.8 Å². The first-order chi connectivity index (χ1) is 6.06. The van der Waals surface area contributed by atoms with Gasteiger partial charge in [0.05, 0.1) is 4.47 Å². The van der Waals surface area contributed by atoms with Gasteiger partial charge in [0.15, 0.2) is 0 Å². The van der Waals surface area contributed by atoms with Crippen LogP contribution in [0, 0.1) is 11.3 Å². The molecule has 0 spiro atoms. The number of hydrogen-bond donors (Lipinski definition) is 0. The number of hydrogen-bond acceptors (Lipinski definition) is 2. The van der Waals surface area contributed by atoms with Crippen molar-refractivity contribution in [1.82, 2.24) is 4.98 Å². The minimum absolute atomic E-state index is 0.0367. The van der Waals surface area contributed by atoms with Crippen LogP contribution in [0.2, 0.25) is 0 Å². The highest BCUT2D eigenvalue weighted by Gasteiger charge is 2.16. The maximum absolute atomic E-state index is 12.3. The van der Waals surface area contributed by atoms with E-state index in [4.69, 9.17) is 5.26 Å². The van der Waals surface area contributed by atoms with Crippen LogP contribution in [-0.4, -0.2) is 4.98 Å². The number of nitrogens with zero attached hydrogens (tertiary/aromatic N) is 2. The van der Waals surface area contributed by atoms with Gasteiger partial charge in [0.25, 0.3) is 6.43 Å². The molecule has 0 N–H and O–H groups in total. The van der Waals surface area contributed by atoms with Crippen molar-refractivity contribution in [2.24, 2.45) is 0 Å². The lowest BCUT2D eigenvalue weighted by atomic mass is 10.2. The lowest BCUT2D eigenvalue weighted by Crippen LogP contribution is -1.93. The Morgan fingerprint density at radius 3 is 2.54 bits per heavy atom. The molecule has 1 heterocycles. The molecule has 1 rings (SSSR count). The van der Waals surface area contributed by atoms with Gasteiger partial charge in [0.2, 0.25) is 0 Å². The second-order valence-electron chi connectivity index (χ2n) is 2.11. The van der Waals surface area contributed by atoms with E-state index in [-0.39, 0.29) is 20.3 Å². The van der Waals surface area contributed by atoms with Gasteiger partial charge in [-0.05, 0) is 37.9 Å². The second-order valence-corrected chi connectivity index (χ2v) is 3.66. The van der Waals surface area contributed by atoms with Crippen molar-refractivity contribution in [3.8, 4) is 6.07 Å². The molecule has 0 aliphatic rings. The highest BCUT2D eigenvalue weighted by molar-refractivity contribution is 9.13. The van der Waals surface area contributed by atoms with Crippen molar-refractivity contribution in [1.29, 1.82) is 5.26 Å². The Hall–Kier alpha value is -0.540. The van der Waals surface area contributed by atoms with Crippen LogP contribution in [0.15, 0.2) is 15.1 Å². The van der Waals surface area contributed by atoms with E-state index in [0.29, 0.717) is 0 Å². The largest absolute Gasteiger partial charge is 0.265 e. The highest BCUT2D eigenvalue weighted by Crippen LogP contribution is 2.32. The molecule has 1 aromatic rings. The quantitative estimate of drug-likeness (QED) is 0.745. The number of alkyl halides is 2. The third-order valence-electron chi connectivity index (χ3n) is 1.30. The summed E-state index contributed by atoms with van der Waals surface area (Å²) in [4.78, 5) is 3.71. The maximum atomic E-state index is 12.3. The van der Waals surface area contributed by atoms with Crippen LogP contribution < -0.4 is 0 Å². The van der Waals surface area contributed by atoms with Gasteiger partial charge in [0, 0.05) is 5.56 Å². The van der Waals surface area contributed by atoms with Crippen LogP contribution in [0.3, 0.4) is 0 Å². The van der Waals surface area contributed by atoms with E-state index in [1.54, 1.807) is 6.07 Å². The summed E-state index contributed by atoms with van der Waals surface area (Å²) < 4.78 is 25.1. The molecular formula is C7H2Br2F2N2. The van der Waals surface area contributed by atoms with Crippen LogP contribution in [0.1, 0.15) is 17.7 Å². The van der Waals surface area contributed by atoms with E-state index in [0.717, 1.165) is 6.07 Å². The molecule has 0 saturated heterocycles. The van der Waals surface area contributed by atoms with E-state index in [9.17, 15) is 8.78 Å². The molecule has 0 aliphatic carbocycles. The summed E-state index contributed by atoms with van der Waals surface area (Å²) in [5.74, 6) is 0. The fourth-order valence-corrected chi connectivity index (χ4v) is 1.53. The molecule has 0 bridgehead atoms. The zero-order chi connectivity index (χ0) is 10.0. The Balaban J connectivity index is 3.35. The fourth-order valence-electron chi connectivity index (χ4n) is 0.733. The number of rotatable bonds is 1. The van der Waals surface area contributed by atoms with Crippen molar-refractivity contribution in [3.05, 3.63) is 26.4 Å².